The Kier molecular flexibility index (Phi) is 5.62. The summed E-state index contributed by atoms with van der Waals surface area (Å²) < 4.78 is 5.90. The Bertz CT molecular complexity index is 468. The molecule has 4 nitrogen and oxygen atoms in total. The van der Waals surface area contributed by atoms with Crippen LogP contribution in [0.1, 0.15) is 26.3 Å². The van der Waals surface area contributed by atoms with Crippen LogP contribution in [-0.4, -0.2) is 54.5 Å². The summed E-state index contributed by atoms with van der Waals surface area (Å²) in [5.74, 6) is 0.921. The van der Waals surface area contributed by atoms with Gasteiger partial charge in [-0.25, -0.2) is 0 Å². The minimum Gasteiger partial charge on any atom is -0.481 e. The number of likely N-dealkylation sites (N-methyl/N-ethyl adjacent to an activating group) is 1. The molecule has 0 radical (unpaired) electrons. The number of para-hydroxylation sites is 1. The monoisotopic (exact) mass is 290 g/mol. The van der Waals surface area contributed by atoms with E-state index in [0.29, 0.717) is 0 Å². The van der Waals surface area contributed by atoms with Crippen LogP contribution in [0.5, 0.6) is 5.75 Å². The van der Waals surface area contributed by atoms with Crippen molar-refractivity contribution in [1.29, 1.82) is 0 Å². The number of carbonyl (C=O) groups excluding carboxylic acids is 1. The first-order chi connectivity index (χ1) is 10.2. The molecule has 0 aromatic heterocycles. The number of ether oxygens (including phenoxy) is 1. The van der Waals surface area contributed by atoms with E-state index in [2.05, 4.69) is 18.7 Å². The van der Waals surface area contributed by atoms with E-state index < -0.39 is 6.10 Å². The lowest BCUT2D eigenvalue weighted by Crippen LogP contribution is -2.51. The van der Waals surface area contributed by atoms with Crippen LogP contribution in [-0.2, 0) is 11.2 Å². The van der Waals surface area contributed by atoms with Crippen molar-refractivity contribution in [2.24, 2.45) is 0 Å². The van der Waals surface area contributed by atoms with Crippen molar-refractivity contribution in [2.45, 2.75) is 33.3 Å². The molecule has 0 N–H and O–H groups in total. The molecule has 0 saturated carbocycles. The molecule has 1 aliphatic heterocycles. The summed E-state index contributed by atoms with van der Waals surface area (Å²) in [6.45, 7) is 10.7. The summed E-state index contributed by atoms with van der Waals surface area (Å²) in [7, 11) is 0. The molecule has 1 aromatic carbocycles. The van der Waals surface area contributed by atoms with Crippen LogP contribution in [0, 0.1) is 0 Å². The molecule has 1 amide bonds. The molecule has 0 spiro atoms. The van der Waals surface area contributed by atoms with Gasteiger partial charge in [0, 0.05) is 26.2 Å². The van der Waals surface area contributed by atoms with Crippen molar-refractivity contribution < 1.29 is 9.53 Å². The summed E-state index contributed by atoms with van der Waals surface area (Å²) in [5.41, 5.74) is 1.15. The second-order valence-corrected chi connectivity index (χ2v) is 5.48. The first-order valence-corrected chi connectivity index (χ1v) is 7.91. The quantitative estimate of drug-likeness (QED) is 0.833. The van der Waals surface area contributed by atoms with E-state index in [4.69, 9.17) is 4.74 Å². The lowest BCUT2D eigenvalue weighted by atomic mass is 10.1. The van der Waals surface area contributed by atoms with Gasteiger partial charge < -0.3 is 14.5 Å². The molecule has 1 aliphatic rings. The smallest absolute Gasteiger partial charge is 0.263 e. The number of rotatable bonds is 5. The number of nitrogens with zero attached hydrogens (tertiary/aromatic N) is 2. The lowest BCUT2D eigenvalue weighted by molar-refractivity contribution is -0.139. The van der Waals surface area contributed by atoms with E-state index in [0.717, 1.165) is 50.5 Å². The molecule has 1 saturated heterocycles. The molecule has 2 rings (SSSR count). The number of hydrogen-bond acceptors (Lipinski definition) is 3. The number of carbonyl (C=O) groups is 1. The number of benzene rings is 1. The first kappa shape index (κ1) is 15.8. The Hall–Kier alpha value is -1.55. The maximum atomic E-state index is 12.5. The lowest BCUT2D eigenvalue weighted by Gasteiger charge is -2.35. The maximum absolute atomic E-state index is 12.5. The Morgan fingerprint density at radius 2 is 1.86 bits per heavy atom. The number of amides is 1. The van der Waals surface area contributed by atoms with Crippen molar-refractivity contribution in [1.82, 2.24) is 9.80 Å². The summed E-state index contributed by atoms with van der Waals surface area (Å²) in [6, 6.07) is 7.94. The van der Waals surface area contributed by atoms with Gasteiger partial charge in [0.25, 0.3) is 5.91 Å². The standard InChI is InChI=1S/C17H26N2O2/c1-4-15-8-6-7-9-16(15)21-14(3)17(20)19-12-10-18(5-2)11-13-19/h6-9,14H,4-5,10-13H2,1-3H3/t14-/m0/s1. The minimum atomic E-state index is -0.425. The number of hydrogen-bond donors (Lipinski definition) is 0. The normalized spacial score (nSPS) is 17.6. The zero-order valence-electron chi connectivity index (χ0n) is 13.3. The first-order valence-electron chi connectivity index (χ1n) is 7.91. The van der Waals surface area contributed by atoms with Crippen molar-refractivity contribution in [3.63, 3.8) is 0 Å². The van der Waals surface area contributed by atoms with Crippen LogP contribution >= 0.6 is 0 Å². The maximum Gasteiger partial charge on any atom is 0.263 e. The summed E-state index contributed by atoms with van der Waals surface area (Å²) in [5, 5.41) is 0. The Labute approximate surface area is 127 Å². The van der Waals surface area contributed by atoms with E-state index in [1.807, 2.05) is 36.1 Å². The van der Waals surface area contributed by atoms with Gasteiger partial charge in [-0.2, -0.15) is 0 Å². The van der Waals surface area contributed by atoms with Gasteiger partial charge in [-0.15, -0.1) is 0 Å². The van der Waals surface area contributed by atoms with E-state index in [-0.39, 0.29) is 5.91 Å². The second-order valence-electron chi connectivity index (χ2n) is 5.48. The van der Waals surface area contributed by atoms with E-state index in [9.17, 15) is 4.79 Å². The molecule has 1 heterocycles. The van der Waals surface area contributed by atoms with E-state index in [1.54, 1.807) is 0 Å². The molecule has 1 atom stereocenters. The average molecular weight is 290 g/mol. The van der Waals surface area contributed by atoms with Crippen LogP contribution in [0.15, 0.2) is 24.3 Å². The zero-order chi connectivity index (χ0) is 15.2. The Morgan fingerprint density at radius 3 is 2.48 bits per heavy atom. The van der Waals surface area contributed by atoms with Gasteiger partial charge in [0.1, 0.15) is 5.75 Å². The van der Waals surface area contributed by atoms with Gasteiger partial charge >= 0.3 is 0 Å². The molecule has 116 valence electrons. The minimum absolute atomic E-state index is 0.0941. The molecule has 21 heavy (non-hydrogen) atoms. The van der Waals surface area contributed by atoms with Crippen LogP contribution in [0.25, 0.3) is 0 Å². The molecule has 4 heteroatoms. The van der Waals surface area contributed by atoms with Gasteiger partial charge in [-0.05, 0) is 31.5 Å². The van der Waals surface area contributed by atoms with Crippen molar-refractivity contribution >= 4 is 5.91 Å². The number of piperazine rings is 1. The van der Waals surface area contributed by atoms with Crippen molar-refractivity contribution in [3.8, 4) is 5.75 Å². The molecular weight excluding hydrogens is 264 g/mol. The van der Waals surface area contributed by atoms with E-state index >= 15 is 0 Å². The zero-order valence-corrected chi connectivity index (χ0v) is 13.3. The van der Waals surface area contributed by atoms with Crippen LogP contribution in [0.3, 0.4) is 0 Å². The SMILES string of the molecule is CCc1ccccc1O[C@@H](C)C(=O)N1CCN(CC)CC1. The largest absolute Gasteiger partial charge is 0.481 e. The summed E-state index contributed by atoms with van der Waals surface area (Å²) in [4.78, 5) is 16.8. The fourth-order valence-corrected chi connectivity index (χ4v) is 2.69. The van der Waals surface area contributed by atoms with Gasteiger partial charge in [0.15, 0.2) is 6.10 Å². The highest BCUT2D eigenvalue weighted by Gasteiger charge is 2.25. The van der Waals surface area contributed by atoms with Gasteiger partial charge in [0.2, 0.25) is 0 Å². The molecular formula is C17H26N2O2. The van der Waals surface area contributed by atoms with Crippen LogP contribution in [0.2, 0.25) is 0 Å². The fourth-order valence-electron chi connectivity index (χ4n) is 2.69. The molecule has 0 bridgehead atoms. The average Bonchev–Trinajstić information content (AvgIpc) is 2.54. The van der Waals surface area contributed by atoms with Gasteiger partial charge in [0.05, 0.1) is 0 Å². The van der Waals surface area contributed by atoms with E-state index in [1.165, 1.54) is 0 Å². The highest BCUT2D eigenvalue weighted by Crippen LogP contribution is 2.20. The molecule has 1 aromatic rings. The number of aryl methyl sites for hydroxylation is 1. The third-order valence-corrected chi connectivity index (χ3v) is 4.14. The third-order valence-electron chi connectivity index (χ3n) is 4.14. The Balaban J connectivity index is 1.94. The van der Waals surface area contributed by atoms with Crippen molar-refractivity contribution in [3.05, 3.63) is 29.8 Å². The second kappa shape index (κ2) is 7.46. The predicted molar refractivity (Wildman–Crippen MR) is 84.6 cm³/mol. The van der Waals surface area contributed by atoms with Crippen LogP contribution in [0.4, 0.5) is 0 Å². The Morgan fingerprint density at radius 1 is 1.19 bits per heavy atom. The topological polar surface area (TPSA) is 32.8 Å². The molecule has 0 unspecified atom stereocenters. The van der Waals surface area contributed by atoms with Gasteiger partial charge in [-0.3, -0.25) is 4.79 Å². The summed E-state index contributed by atoms with van der Waals surface area (Å²) >= 11 is 0. The highest BCUT2D eigenvalue weighted by atomic mass is 16.5. The van der Waals surface area contributed by atoms with Crippen LogP contribution < -0.4 is 4.74 Å². The third kappa shape index (κ3) is 3.97. The molecule has 0 aliphatic carbocycles. The predicted octanol–water partition coefficient (Wildman–Crippen LogP) is 2.18. The highest BCUT2D eigenvalue weighted by molar-refractivity contribution is 5.81. The fraction of sp³-hybridized carbons (Fsp3) is 0.588. The summed E-state index contributed by atoms with van der Waals surface area (Å²) in [6.07, 6.45) is 0.484. The van der Waals surface area contributed by atoms with Gasteiger partial charge in [-0.1, -0.05) is 32.0 Å². The van der Waals surface area contributed by atoms with Crippen molar-refractivity contribution in [2.75, 3.05) is 32.7 Å². The molecule has 1 fully saturated rings.